The van der Waals surface area contributed by atoms with Crippen LogP contribution in [-0.2, 0) is 9.59 Å². The van der Waals surface area contributed by atoms with Crippen LogP contribution in [-0.4, -0.2) is 28.0 Å². The van der Waals surface area contributed by atoms with E-state index in [2.05, 4.69) is 10.3 Å². The Morgan fingerprint density at radius 2 is 2.00 bits per heavy atom. The monoisotopic (exact) mass is 260 g/mol. The molecule has 2 atom stereocenters. The molecule has 0 unspecified atom stereocenters. The van der Waals surface area contributed by atoms with Crippen molar-refractivity contribution in [3.8, 4) is 0 Å². The average molecular weight is 260 g/mol. The molecule has 2 aromatic rings. The molecule has 5 nitrogen and oxygen atoms in total. The second-order valence-electron chi connectivity index (χ2n) is 4.59. The molecule has 0 aliphatic rings. The fourth-order valence-electron chi connectivity index (χ4n) is 2.27. The summed E-state index contributed by atoms with van der Waals surface area (Å²) in [5, 5.41) is 12.7. The molecule has 5 heteroatoms. The topological polar surface area (TPSA) is 82.2 Å². The number of H-pyrrole nitrogens is 1. The molecule has 19 heavy (non-hydrogen) atoms. The predicted molar refractivity (Wildman–Crippen MR) is 72.0 cm³/mol. The van der Waals surface area contributed by atoms with E-state index in [1.54, 1.807) is 13.1 Å². The van der Waals surface area contributed by atoms with Crippen molar-refractivity contribution in [2.75, 3.05) is 0 Å². The van der Waals surface area contributed by atoms with Crippen molar-refractivity contribution in [3.63, 3.8) is 0 Å². The van der Waals surface area contributed by atoms with Gasteiger partial charge in [-0.25, -0.2) is 4.79 Å². The van der Waals surface area contributed by atoms with Crippen LogP contribution in [0, 0.1) is 0 Å². The lowest BCUT2D eigenvalue weighted by molar-refractivity contribution is -0.142. The van der Waals surface area contributed by atoms with Crippen LogP contribution in [0.4, 0.5) is 0 Å². The van der Waals surface area contributed by atoms with Gasteiger partial charge in [-0.2, -0.15) is 0 Å². The number of aromatic nitrogens is 1. The van der Waals surface area contributed by atoms with Gasteiger partial charge < -0.3 is 15.4 Å². The maximum atomic E-state index is 11.3. The standard InChI is InChI=1S/C14H16N2O3/c1-8(13(14(18)19)16-9(2)17)11-7-15-12-6-4-3-5-10(11)12/h3-8,13,15H,1-2H3,(H,16,17)(H,18,19)/t8-,13+/m1/s1. The Bertz CT molecular complexity index is 618. The van der Waals surface area contributed by atoms with Crippen LogP contribution in [0.5, 0.6) is 0 Å². The predicted octanol–water partition coefficient (Wildman–Crippen LogP) is 1.86. The highest BCUT2D eigenvalue weighted by molar-refractivity contribution is 5.87. The number of carboxylic acid groups (broad SMARTS) is 1. The Labute approximate surface area is 110 Å². The summed E-state index contributed by atoms with van der Waals surface area (Å²) < 4.78 is 0. The molecule has 2 rings (SSSR count). The molecule has 0 saturated heterocycles. The number of hydrogen-bond acceptors (Lipinski definition) is 2. The van der Waals surface area contributed by atoms with Crippen LogP contribution >= 0.6 is 0 Å². The maximum absolute atomic E-state index is 11.3. The lowest BCUT2D eigenvalue weighted by atomic mass is 9.93. The number of carbonyl (C=O) groups is 2. The van der Waals surface area contributed by atoms with Crippen molar-refractivity contribution in [2.45, 2.75) is 25.8 Å². The summed E-state index contributed by atoms with van der Waals surface area (Å²) in [6.45, 7) is 3.11. The van der Waals surface area contributed by atoms with Crippen molar-refractivity contribution in [1.29, 1.82) is 0 Å². The van der Waals surface area contributed by atoms with Crippen LogP contribution < -0.4 is 5.32 Å². The zero-order valence-corrected chi connectivity index (χ0v) is 10.8. The average Bonchev–Trinajstić information content (AvgIpc) is 2.78. The molecule has 3 N–H and O–H groups in total. The van der Waals surface area contributed by atoms with Crippen LogP contribution in [0.1, 0.15) is 25.3 Å². The Hall–Kier alpha value is -2.30. The fraction of sp³-hybridized carbons (Fsp3) is 0.286. The molecule has 100 valence electrons. The molecule has 0 saturated carbocycles. The summed E-state index contributed by atoms with van der Waals surface area (Å²) >= 11 is 0. The number of para-hydroxylation sites is 1. The molecule has 1 aromatic carbocycles. The number of rotatable bonds is 4. The quantitative estimate of drug-likeness (QED) is 0.784. The number of aliphatic carboxylic acids is 1. The van der Waals surface area contributed by atoms with Crippen LogP contribution in [0.25, 0.3) is 10.9 Å². The van der Waals surface area contributed by atoms with Gasteiger partial charge in [-0.15, -0.1) is 0 Å². The lowest BCUT2D eigenvalue weighted by Crippen LogP contribution is -2.43. The minimum Gasteiger partial charge on any atom is -0.480 e. The third kappa shape index (κ3) is 2.59. The smallest absolute Gasteiger partial charge is 0.326 e. The molecule has 1 amide bonds. The number of carbonyl (C=O) groups excluding carboxylic acids is 1. The normalized spacial score (nSPS) is 14.0. The molecule has 1 heterocycles. The van der Waals surface area contributed by atoms with Crippen molar-refractivity contribution in [2.24, 2.45) is 0 Å². The summed E-state index contributed by atoms with van der Waals surface area (Å²) in [6.07, 6.45) is 1.80. The summed E-state index contributed by atoms with van der Waals surface area (Å²) in [5.41, 5.74) is 1.84. The number of nitrogens with one attached hydrogen (secondary N) is 2. The van der Waals surface area contributed by atoms with Crippen molar-refractivity contribution < 1.29 is 14.7 Å². The highest BCUT2D eigenvalue weighted by Gasteiger charge is 2.28. The van der Waals surface area contributed by atoms with E-state index >= 15 is 0 Å². The first kappa shape index (κ1) is 13.1. The van der Waals surface area contributed by atoms with Gasteiger partial charge in [0.1, 0.15) is 6.04 Å². The molecular formula is C14H16N2O3. The number of aromatic amines is 1. The zero-order chi connectivity index (χ0) is 14.0. The van der Waals surface area contributed by atoms with Crippen molar-refractivity contribution in [3.05, 3.63) is 36.0 Å². The maximum Gasteiger partial charge on any atom is 0.326 e. The molecule has 0 fully saturated rings. The number of benzene rings is 1. The van der Waals surface area contributed by atoms with E-state index in [9.17, 15) is 14.7 Å². The second kappa shape index (κ2) is 5.14. The Morgan fingerprint density at radius 1 is 1.32 bits per heavy atom. The van der Waals surface area contributed by atoms with Gasteiger partial charge in [0.15, 0.2) is 0 Å². The van der Waals surface area contributed by atoms with Crippen molar-refractivity contribution in [1.82, 2.24) is 10.3 Å². The number of amides is 1. The Kier molecular flexibility index (Phi) is 3.55. The van der Waals surface area contributed by atoms with Gasteiger partial charge in [0, 0.05) is 29.9 Å². The third-order valence-electron chi connectivity index (χ3n) is 3.24. The van der Waals surface area contributed by atoms with Gasteiger partial charge in [0.2, 0.25) is 5.91 Å². The first-order valence-electron chi connectivity index (χ1n) is 6.06. The number of hydrogen-bond donors (Lipinski definition) is 3. The van der Waals surface area contributed by atoms with Gasteiger partial charge in [0.25, 0.3) is 0 Å². The summed E-state index contributed by atoms with van der Waals surface area (Å²) in [7, 11) is 0. The van der Waals surface area contributed by atoms with E-state index in [-0.39, 0.29) is 11.8 Å². The minimum absolute atomic E-state index is 0.322. The molecule has 1 aromatic heterocycles. The number of fused-ring (bicyclic) bond motifs is 1. The zero-order valence-electron chi connectivity index (χ0n) is 10.8. The Morgan fingerprint density at radius 3 is 2.63 bits per heavy atom. The van der Waals surface area contributed by atoms with Crippen LogP contribution in [0.3, 0.4) is 0 Å². The van der Waals surface area contributed by atoms with E-state index in [0.29, 0.717) is 0 Å². The van der Waals surface area contributed by atoms with Crippen molar-refractivity contribution >= 4 is 22.8 Å². The van der Waals surface area contributed by atoms with Gasteiger partial charge >= 0.3 is 5.97 Å². The van der Waals surface area contributed by atoms with Gasteiger partial charge in [0.05, 0.1) is 0 Å². The molecule has 0 aliphatic heterocycles. The van der Waals surface area contributed by atoms with E-state index < -0.39 is 12.0 Å². The largest absolute Gasteiger partial charge is 0.480 e. The van der Waals surface area contributed by atoms with Crippen LogP contribution in [0.2, 0.25) is 0 Å². The molecule has 0 radical (unpaired) electrons. The SMILES string of the molecule is CC(=O)N[C@H](C(=O)O)[C@H](C)c1c[nH]c2ccccc12. The third-order valence-corrected chi connectivity index (χ3v) is 3.24. The molecule has 0 aliphatic carbocycles. The van der Waals surface area contributed by atoms with E-state index in [1.165, 1.54) is 6.92 Å². The number of carboxylic acids is 1. The molecular weight excluding hydrogens is 244 g/mol. The van der Waals surface area contributed by atoms with Gasteiger partial charge in [-0.05, 0) is 11.6 Å². The first-order chi connectivity index (χ1) is 9.00. The van der Waals surface area contributed by atoms with Gasteiger partial charge in [-0.3, -0.25) is 4.79 Å². The van der Waals surface area contributed by atoms with E-state index in [0.717, 1.165) is 16.5 Å². The summed E-state index contributed by atoms with van der Waals surface area (Å²) in [6, 6.07) is 6.75. The lowest BCUT2D eigenvalue weighted by Gasteiger charge is -2.20. The fourth-order valence-corrected chi connectivity index (χ4v) is 2.27. The highest BCUT2D eigenvalue weighted by atomic mass is 16.4. The van der Waals surface area contributed by atoms with E-state index in [1.807, 2.05) is 24.3 Å². The molecule has 0 spiro atoms. The van der Waals surface area contributed by atoms with Gasteiger partial charge in [-0.1, -0.05) is 25.1 Å². The molecule has 0 bridgehead atoms. The Balaban J connectivity index is 2.38. The highest BCUT2D eigenvalue weighted by Crippen LogP contribution is 2.27. The first-order valence-corrected chi connectivity index (χ1v) is 6.06. The summed E-state index contributed by atoms with van der Waals surface area (Å²) in [4.78, 5) is 25.5. The minimum atomic E-state index is -1.03. The second-order valence-corrected chi connectivity index (χ2v) is 4.59. The van der Waals surface area contributed by atoms with E-state index in [4.69, 9.17) is 0 Å². The van der Waals surface area contributed by atoms with Crippen LogP contribution in [0.15, 0.2) is 30.5 Å². The summed E-state index contributed by atoms with van der Waals surface area (Å²) in [5.74, 6) is -1.70.